The van der Waals surface area contributed by atoms with Gasteiger partial charge in [-0.05, 0) is 31.0 Å². The Morgan fingerprint density at radius 2 is 2.32 bits per heavy atom. The minimum Gasteiger partial charge on any atom is -0.399 e. The number of ether oxygens (including phenoxy) is 1. The molecule has 0 aliphatic carbocycles. The summed E-state index contributed by atoms with van der Waals surface area (Å²) in [4.78, 5) is 12.0. The molecule has 1 aromatic carbocycles. The maximum Gasteiger partial charge on any atom is 0.251 e. The van der Waals surface area contributed by atoms with E-state index >= 15 is 0 Å². The van der Waals surface area contributed by atoms with Gasteiger partial charge in [-0.3, -0.25) is 4.79 Å². The summed E-state index contributed by atoms with van der Waals surface area (Å²) in [5.74, 6) is 0.251. The molecule has 1 heterocycles. The van der Waals surface area contributed by atoms with E-state index in [1.165, 1.54) is 0 Å². The standard InChI is InChI=1S/C14H19ClN2O2/c1-2-13-9(3-4-19-13)8-17-14(18)10-5-11(15)7-12(16)6-10/h5-7,9,13H,2-4,8,16H2,1H3,(H,17,18). The second kappa shape index (κ2) is 6.26. The molecule has 2 atom stereocenters. The van der Waals surface area contributed by atoms with Crippen molar-refractivity contribution in [2.24, 2.45) is 5.92 Å². The average Bonchev–Trinajstić information content (AvgIpc) is 2.82. The number of halogens is 1. The lowest BCUT2D eigenvalue weighted by molar-refractivity contribution is 0.0827. The van der Waals surface area contributed by atoms with E-state index in [1.54, 1.807) is 18.2 Å². The molecule has 2 rings (SSSR count). The highest BCUT2D eigenvalue weighted by Crippen LogP contribution is 2.23. The molecule has 5 heteroatoms. The first-order valence-corrected chi connectivity index (χ1v) is 6.93. The summed E-state index contributed by atoms with van der Waals surface area (Å²) in [6.07, 6.45) is 2.23. The number of benzene rings is 1. The van der Waals surface area contributed by atoms with Gasteiger partial charge in [0.1, 0.15) is 0 Å². The summed E-state index contributed by atoms with van der Waals surface area (Å²) in [5.41, 5.74) is 6.67. The molecular weight excluding hydrogens is 264 g/mol. The zero-order chi connectivity index (χ0) is 13.8. The van der Waals surface area contributed by atoms with Gasteiger partial charge in [-0.15, -0.1) is 0 Å². The van der Waals surface area contributed by atoms with Gasteiger partial charge in [0.05, 0.1) is 6.10 Å². The van der Waals surface area contributed by atoms with Crippen LogP contribution in [0.1, 0.15) is 30.1 Å². The number of carbonyl (C=O) groups is 1. The molecule has 0 spiro atoms. The van der Waals surface area contributed by atoms with Crippen molar-refractivity contribution in [3.8, 4) is 0 Å². The maximum absolute atomic E-state index is 12.0. The molecule has 1 fully saturated rings. The smallest absolute Gasteiger partial charge is 0.251 e. The molecule has 19 heavy (non-hydrogen) atoms. The maximum atomic E-state index is 12.0. The van der Waals surface area contributed by atoms with Crippen LogP contribution in [0.3, 0.4) is 0 Å². The third-order valence-corrected chi connectivity index (χ3v) is 3.67. The number of nitrogen functional groups attached to an aromatic ring is 1. The first kappa shape index (κ1) is 14.2. The van der Waals surface area contributed by atoms with E-state index in [4.69, 9.17) is 22.1 Å². The Morgan fingerprint density at radius 3 is 3.00 bits per heavy atom. The molecule has 1 aromatic rings. The van der Waals surface area contributed by atoms with Gasteiger partial charge >= 0.3 is 0 Å². The number of anilines is 1. The van der Waals surface area contributed by atoms with E-state index in [9.17, 15) is 4.79 Å². The summed E-state index contributed by atoms with van der Waals surface area (Å²) in [6, 6.07) is 4.87. The van der Waals surface area contributed by atoms with Gasteiger partial charge < -0.3 is 15.8 Å². The monoisotopic (exact) mass is 282 g/mol. The Balaban J connectivity index is 1.94. The molecule has 1 aliphatic heterocycles. The van der Waals surface area contributed by atoms with E-state index in [2.05, 4.69) is 12.2 Å². The number of hydrogen-bond acceptors (Lipinski definition) is 3. The van der Waals surface area contributed by atoms with Crippen LogP contribution in [0.4, 0.5) is 5.69 Å². The van der Waals surface area contributed by atoms with Crippen LogP contribution in [0.15, 0.2) is 18.2 Å². The van der Waals surface area contributed by atoms with Crippen LogP contribution in [0, 0.1) is 5.92 Å². The minimum absolute atomic E-state index is 0.143. The van der Waals surface area contributed by atoms with Crippen molar-refractivity contribution in [2.75, 3.05) is 18.9 Å². The van der Waals surface area contributed by atoms with Crippen molar-refractivity contribution < 1.29 is 9.53 Å². The lowest BCUT2D eigenvalue weighted by atomic mass is 9.99. The van der Waals surface area contributed by atoms with Gasteiger partial charge in [0.2, 0.25) is 0 Å². The highest BCUT2D eigenvalue weighted by Gasteiger charge is 2.26. The van der Waals surface area contributed by atoms with Crippen LogP contribution in [0.2, 0.25) is 5.02 Å². The number of nitrogens with one attached hydrogen (secondary N) is 1. The van der Waals surface area contributed by atoms with Gasteiger partial charge in [-0.1, -0.05) is 18.5 Å². The SMILES string of the molecule is CCC1OCCC1CNC(=O)c1cc(N)cc(Cl)c1. The molecule has 1 saturated heterocycles. The summed E-state index contributed by atoms with van der Waals surface area (Å²) in [6.45, 7) is 3.51. The summed E-state index contributed by atoms with van der Waals surface area (Å²) >= 11 is 5.89. The largest absolute Gasteiger partial charge is 0.399 e. The highest BCUT2D eigenvalue weighted by molar-refractivity contribution is 6.31. The molecule has 1 amide bonds. The topological polar surface area (TPSA) is 64.3 Å². The average molecular weight is 283 g/mol. The van der Waals surface area contributed by atoms with Gasteiger partial charge in [-0.25, -0.2) is 0 Å². The molecule has 4 nitrogen and oxygen atoms in total. The van der Waals surface area contributed by atoms with Gasteiger partial charge in [-0.2, -0.15) is 0 Å². The minimum atomic E-state index is -0.143. The van der Waals surface area contributed by atoms with E-state index in [0.29, 0.717) is 28.7 Å². The molecule has 3 N–H and O–H groups in total. The van der Waals surface area contributed by atoms with Gasteiger partial charge in [0, 0.05) is 35.3 Å². The second-order valence-electron chi connectivity index (χ2n) is 4.85. The highest BCUT2D eigenvalue weighted by atomic mass is 35.5. The normalized spacial score (nSPS) is 22.4. The molecule has 0 aromatic heterocycles. The van der Waals surface area contributed by atoms with Crippen molar-refractivity contribution in [2.45, 2.75) is 25.9 Å². The first-order valence-electron chi connectivity index (χ1n) is 6.56. The number of rotatable bonds is 4. The Labute approximate surface area is 118 Å². The van der Waals surface area contributed by atoms with Crippen LogP contribution in [-0.2, 0) is 4.74 Å². The van der Waals surface area contributed by atoms with Crippen molar-refractivity contribution in [3.63, 3.8) is 0 Å². The van der Waals surface area contributed by atoms with Crippen molar-refractivity contribution in [1.29, 1.82) is 0 Å². The fourth-order valence-electron chi connectivity index (χ4n) is 2.45. The van der Waals surface area contributed by atoms with E-state index in [1.807, 2.05) is 0 Å². The molecule has 0 bridgehead atoms. The van der Waals surface area contributed by atoms with Crippen molar-refractivity contribution in [1.82, 2.24) is 5.32 Å². The fourth-order valence-corrected chi connectivity index (χ4v) is 2.69. The summed E-state index contributed by atoms with van der Waals surface area (Å²) < 4.78 is 5.60. The quantitative estimate of drug-likeness (QED) is 0.834. The zero-order valence-electron chi connectivity index (χ0n) is 11.0. The Bertz CT molecular complexity index is 445. The Morgan fingerprint density at radius 1 is 1.53 bits per heavy atom. The van der Waals surface area contributed by atoms with E-state index in [0.717, 1.165) is 19.4 Å². The lowest BCUT2D eigenvalue weighted by Crippen LogP contribution is -2.32. The first-order chi connectivity index (χ1) is 9.10. The Kier molecular flexibility index (Phi) is 4.66. The number of amides is 1. The zero-order valence-corrected chi connectivity index (χ0v) is 11.7. The van der Waals surface area contributed by atoms with Crippen LogP contribution >= 0.6 is 11.6 Å². The third kappa shape index (κ3) is 3.61. The van der Waals surface area contributed by atoms with Gasteiger partial charge in [0.15, 0.2) is 0 Å². The second-order valence-corrected chi connectivity index (χ2v) is 5.29. The summed E-state index contributed by atoms with van der Waals surface area (Å²) in [7, 11) is 0. The van der Waals surface area contributed by atoms with Crippen LogP contribution in [0.25, 0.3) is 0 Å². The summed E-state index contributed by atoms with van der Waals surface area (Å²) in [5, 5.41) is 3.40. The predicted octanol–water partition coefficient (Wildman–Crippen LogP) is 2.47. The Hall–Kier alpha value is -1.26. The fraction of sp³-hybridized carbons (Fsp3) is 0.500. The molecule has 2 unspecified atom stereocenters. The van der Waals surface area contributed by atoms with Crippen LogP contribution in [0.5, 0.6) is 0 Å². The number of hydrogen-bond donors (Lipinski definition) is 2. The molecule has 104 valence electrons. The third-order valence-electron chi connectivity index (χ3n) is 3.46. The van der Waals surface area contributed by atoms with Crippen molar-refractivity contribution >= 4 is 23.2 Å². The van der Waals surface area contributed by atoms with Crippen LogP contribution < -0.4 is 11.1 Å². The molecule has 1 aliphatic rings. The van der Waals surface area contributed by atoms with Gasteiger partial charge in [0.25, 0.3) is 5.91 Å². The lowest BCUT2D eigenvalue weighted by Gasteiger charge is -2.17. The number of nitrogens with two attached hydrogens (primary N) is 1. The number of carbonyl (C=O) groups excluding carboxylic acids is 1. The van der Waals surface area contributed by atoms with E-state index < -0.39 is 0 Å². The molecular formula is C14H19ClN2O2. The molecule has 0 radical (unpaired) electrons. The van der Waals surface area contributed by atoms with E-state index in [-0.39, 0.29) is 12.0 Å². The van der Waals surface area contributed by atoms with Crippen molar-refractivity contribution in [3.05, 3.63) is 28.8 Å². The predicted molar refractivity (Wildman–Crippen MR) is 76.3 cm³/mol. The van der Waals surface area contributed by atoms with Crippen LogP contribution in [-0.4, -0.2) is 25.2 Å². The molecule has 0 saturated carbocycles.